The maximum atomic E-state index is 13.3. The maximum absolute atomic E-state index is 13.3. The molecule has 0 unspecified atom stereocenters. The molecule has 0 fully saturated rings. The van der Waals surface area contributed by atoms with Crippen LogP contribution < -0.4 is 9.21 Å². The number of nitrogens with zero attached hydrogens (tertiary/aromatic N) is 2. The number of hydrogen-bond donors (Lipinski definition) is 0. The van der Waals surface area contributed by atoms with E-state index in [1.54, 1.807) is 17.0 Å². The number of sulfonamides is 1. The van der Waals surface area contributed by atoms with Gasteiger partial charge in [0.25, 0.3) is 0 Å². The van der Waals surface area contributed by atoms with Crippen molar-refractivity contribution >= 4 is 27.3 Å². The van der Waals surface area contributed by atoms with Gasteiger partial charge in [-0.25, -0.2) is 8.42 Å². The Labute approximate surface area is 172 Å². The summed E-state index contributed by atoms with van der Waals surface area (Å²) in [5.41, 5.74) is 2.99. The van der Waals surface area contributed by atoms with E-state index in [4.69, 9.17) is 0 Å². The molecule has 0 radical (unpaired) electrons. The van der Waals surface area contributed by atoms with Crippen molar-refractivity contribution in [1.82, 2.24) is 0 Å². The topological polar surface area (TPSA) is 57.7 Å². The van der Waals surface area contributed by atoms with Crippen molar-refractivity contribution in [2.75, 3.05) is 22.0 Å². The molecule has 0 aromatic heterocycles. The predicted molar refractivity (Wildman–Crippen MR) is 117 cm³/mol. The van der Waals surface area contributed by atoms with Crippen LogP contribution in [0.1, 0.15) is 11.1 Å². The molecule has 5 nitrogen and oxygen atoms in total. The largest absolute Gasteiger partial charge is 0.306 e. The molecule has 29 heavy (non-hydrogen) atoms. The van der Waals surface area contributed by atoms with E-state index in [0.717, 1.165) is 23.1 Å². The van der Waals surface area contributed by atoms with Gasteiger partial charge in [-0.1, -0.05) is 66.7 Å². The highest BCUT2D eigenvalue weighted by Gasteiger charge is 2.26. The highest BCUT2D eigenvalue weighted by molar-refractivity contribution is 7.92. The Hall–Kier alpha value is -3.12. The van der Waals surface area contributed by atoms with Gasteiger partial charge in [-0.3, -0.25) is 9.10 Å². The maximum Gasteiger partial charge on any atom is 0.248 e. The van der Waals surface area contributed by atoms with Gasteiger partial charge in [-0.05, 0) is 36.2 Å². The molecule has 150 valence electrons. The first kappa shape index (κ1) is 20.6. The number of rotatable bonds is 7. The van der Waals surface area contributed by atoms with Gasteiger partial charge in [0.2, 0.25) is 15.9 Å². The van der Waals surface area contributed by atoms with E-state index in [0.29, 0.717) is 12.2 Å². The molecule has 0 saturated carbocycles. The number of hydrogen-bond acceptors (Lipinski definition) is 3. The van der Waals surface area contributed by atoms with E-state index in [1.807, 2.05) is 79.7 Å². The minimum absolute atomic E-state index is 0.272. The summed E-state index contributed by atoms with van der Waals surface area (Å²) >= 11 is 0. The number of amides is 1. The van der Waals surface area contributed by atoms with Crippen LogP contribution in [0.4, 0.5) is 11.4 Å². The zero-order valence-electron chi connectivity index (χ0n) is 16.5. The van der Waals surface area contributed by atoms with Crippen molar-refractivity contribution in [3.63, 3.8) is 0 Å². The fourth-order valence-electron chi connectivity index (χ4n) is 3.13. The minimum atomic E-state index is -3.64. The molecular weight excluding hydrogens is 384 g/mol. The summed E-state index contributed by atoms with van der Waals surface area (Å²) < 4.78 is 26.2. The zero-order chi connectivity index (χ0) is 20.9. The predicted octanol–water partition coefficient (Wildman–Crippen LogP) is 3.99. The van der Waals surface area contributed by atoms with Gasteiger partial charge in [-0.15, -0.1) is 0 Å². The number of para-hydroxylation sites is 2. The lowest BCUT2D eigenvalue weighted by Gasteiger charge is -2.28. The van der Waals surface area contributed by atoms with Crippen LogP contribution in [0.5, 0.6) is 0 Å². The van der Waals surface area contributed by atoms with E-state index in [9.17, 15) is 13.2 Å². The van der Waals surface area contributed by atoms with E-state index in [-0.39, 0.29) is 12.5 Å². The summed E-state index contributed by atoms with van der Waals surface area (Å²) in [7, 11) is -3.64. The van der Waals surface area contributed by atoms with Gasteiger partial charge >= 0.3 is 0 Å². The van der Waals surface area contributed by atoms with Crippen LogP contribution in [0.2, 0.25) is 0 Å². The number of anilines is 2. The quantitative estimate of drug-likeness (QED) is 0.594. The zero-order valence-corrected chi connectivity index (χ0v) is 17.3. The molecule has 0 spiro atoms. The van der Waals surface area contributed by atoms with Crippen molar-refractivity contribution in [1.29, 1.82) is 0 Å². The summed E-state index contributed by atoms with van der Waals surface area (Å²) in [6, 6.07) is 26.1. The Morgan fingerprint density at radius 1 is 0.828 bits per heavy atom. The molecule has 1 amide bonds. The van der Waals surface area contributed by atoms with Gasteiger partial charge < -0.3 is 4.90 Å². The summed E-state index contributed by atoms with van der Waals surface area (Å²) in [6.07, 6.45) is 1.12. The first-order valence-electron chi connectivity index (χ1n) is 9.29. The van der Waals surface area contributed by atoms with Gasteiger partial charge in [0.05, 0.1) is 18.5 Å². The first-order chi connectivity index (χ1) is 13.9. The number of carbonyl (C=O) groups is 1. The molecule has 6 heteroatoms. The Morgan fingerprint density at radius 3 is 1.97 bits per heavy atom. The normalized spacial score (nSPS) is 11.1. The Morgan fingerprint density at radius 2 is 1.38 bits per heavy atom. The van der Waals surface area contributed by atoms with Crippen LogP contribution in [0.15, 0.2) is 84.9 Å². The van der Waals surface area contributed by atoms with Crippen LogP contribution >= 0.6 is 0 Å². The van der Waals surface area contributed by atoms with E-state index in [2.05, 4.69) is 0 Å². The third kappa shape index (κ3) is 5.23. The van der Waals surface area contributed by atoms with Crippen molar-refractivity contribution < 1.29 is 13.2 Å². The molecule has 3 rings (SSSR count). The van der Waals surface area contributed by atoms with Crippen LogP contribution in [-0.2, 0) is 21.4 Å². The second kappa shape index (κ2) is 8.92. The smallest absolute Gasteiger partial charge is 0.248 e. The lowest BCUT2D eigenvalue weighted by Crippen LogP contribution is -2.43. The van der Waals surface area contributed by atoms with Crippen LogP contribution in [0, 0.1) is 6.92 Å². The average molecular weight is 409 g/mol. The van der Waals surface area contributed by atoms with E-state index in [1.165, 1.54) is 4.31 Å². The van der Waals surface area contributed by atoms with Crippen LogP contribution in [-0.4, -0.2) is 27.1 Å². The second-order valence-electron chi connectivity index (χ2n) is 6.86. The molecule has 0 N–H and O–H groups in total. The summed E-state index contributed by atoms with van der Waals surface area (Å²) in [5.74, 6) is -0.297. The highest BCUT2D eigenvalue weighted by Crippen LogP contribution is 2.24. The molecule has 0 saturated heterocycles. The Bertz CT molecular complexity index is 1070. The van der Waals surface area contributed by atoms with Crippen LogP contribution in [0.3, 0.4) is 0 Å². The fraction of sp³-hybridized carbons (Fsp3) is 0.174. The molecule has 0 heterocycles. The van der Waals surface area contributed by atoms with Crippen LogP contribution in [0.25, 0.3) is 0 Å². The highest BCUT2D eigenvalue weighted by atomic mass is 32.2. The SMILES string of the molecule is Cc1ccccc1N(CC(=O)N(Cc1ccccc1)c1ccccc1)S(C)(=O)=O. The minimum Gasteiger partial charge on any atom is -0.306 e. The van der Waals surface area contributed by atoms with Crippen molar-refractivity contribution in [3.05, 3.63) is 96.1 Å². The molecule has 3 aromatic carbocycles. The number of aryl methyl sites for hydroxylation is 1. The average Bonchev–Trinajstić information content (AvgIpc) is 2.71. The molecule has 0 aliphatic carbocycles. The van der Waals surface area contributed by atoms with Crippen molar-refractivity contribution in [2.45, 2.75) is 13.5 Å². The van der Waals surface area contributed by atoms with Crippen molar-refractivity contribution in [2.24, 2.45) is 0 Å². The number of benzene rings is 3. The fourth-order valence-corrected chi connectivity index (χ4v) is 4.04. The molecular formula is C23H24N2O3S. The first-order valence-corrected chi connectivity index (χ1v) is 11.1. The molecule has 0 bridgehead atoms. The molecule has 0 atom stereocenters. The molecule has 3 aromatic rings. The second-order valence-corrected chi connectivity index (χ2v) is 8.76. The van der Waals surface area contributed by atoms with Gasteiger partial charge in [0.1, 0.15) is 6.54 Å². The monoisotopic (exact) mass is 408 g/mol. The van der Waals surface area contributed by atoms with Crippen molar-refractivity contribution in [3.8, 4) is 0 Å². The number of carbonyl (C=O) groups excluding carboxylic acids is 1. The summed E-state index contributed by atoms with van der Waals surface area (Å²) in [5, 5.41) is 0. The lowest BCUT2D eigenvalue weighted by atomic mass is 10.2. The summed E-state index contributed by atoms with van der Waals surface area (Å²) in [6.45, 7) is 1.91. The lowest BCUT2D eigenvalue weighted by molar-refractivity contribution is -0.117. The Balaban J connectivity index is 1.95. The standard InChI is InChI=1S/C23H24N2O3S/c1-19-11-9-10-16-22(19)25(29(2,27)28)18-23(26)24(21-14-7-4-8-15-21)17-20-12-5-3-6-13-20/h3-16H,17-18H2,1-2H3. The Kier molecular flexibility index (Phi) is 6.34. The summed E-state index contributed by atoms with van der Waals surface area (Å²) in [4.78, 5) is 14.9. The third-order valence-corrected chi connectivity index (χ3v) is 5.74. The van der Waals surface area contributed by atoms with Gasteiger partial charge in [0, 0.05) is 5.69 Å². The van der Waals surface area contributed by atoms with Gasteiger partial charge in [0.15, 0.2) is 0 Å². The van der Waals surface area contributed by atoms with E-state index < -0.39 is 10.0 Å². The van der Waals surface area contributed by atoms with E-state index >= 15 is 0 Å². The molecule has 0 aliphatic rings. The van der Waals surface area contributed by atoms with Gasteiger partial charge in [-0.2, -0.15) is 0 Å². The third-order valence-electron chi connectivity index (χ3n) is 4.62. The molecule has 0 aliphatic heterocycles.